The molecule has 0 spiro atoms. The van der Waals surface area contributed by atoms with Crippen LogP contribution in [-0.4, -0.2) is 56.3 Å². The minimum absolute atomic E-state index is 0.0435. The van der Waals surface area contributed by atoms with Crippen LogP contribution in [0.25, 0.3) is 0 Å². The number of anilines is 1. The fraction of sp³-hybridized carbons (Fsp3) is 0.556. The Balaban J connectivity index is 1.64. The van der Waals surface area contributed by atoms with E-state index >= 15 is 0 Å². The van der Waals surface area contributed by atoms with Gasteiger partial charge in [-0.15, -0.1) is 0 Å². The molecule has 1 saturated heterocycles. The van der Waals surface area contributed by atoms with E-state index in [0.29, 0.717) is 19.4 Å². The van der Waals surface area contributed by atoms with Crippen molar-refractivity contribution in [3.63, 3.8) is 0 Å². The van der Waals surface area contributed by atoms with Gasteiger partial charge in [-0.3, -0.25) is 9.59 Å². The standard InChI is InChI=1S/C18H24N2O4S/c1-3-20(14-9-10-25(23,24)12-14)18(22)16-11-15(16)17(21)19(2)13-7-5-4-6-8-13/h4-8,14-16H,3,9-12H2,1-2H3. The minimum Gasteiger partial charge on any atom is -0.339 e. The minimum atomic E-state index is -3.04. The molecular formula is C18H24N2O4S. The molecule has 3 unspecified atom stereocenters. The Morgan fingerprint density at radius 1 is 1.12 bits per heavy atom. The summed E-state index contributed by atoms with van der Waals surface area (Å²) in [7, 11) is -1.32. The van der Waals surface area contributed by atoms with Gasteiger partial charge in [-0.25, -0.2) is 8.42 Å². The van der Waals surface area contributed by atoms with Gasteiger partial charge in [0.05, 0.1) is 23.3 Å². The van der Waals surface area contributed by atoms with Crippen molar-refractivity contribution in [3.05, 3.63) is 30.3 Å². The average molecular weight is 364 g/mol. The molecule has 3 atom stereocenters. The summed E-state index contributed by atoms with van der Waals surface area (Å²) in [4.78, 5) is 28.6. The molecule has 0 bridgehead atoms. The Morgan fingerprint density at radius 3 is 2.32 bits per heavy atom. The Hall–Kier alpha value is -1.89. The first-order chi connectivity index (χ1) is 11.8. The highest BCUT2D eigenvalue weighted by Crippen LogP contribution is 2.42. The topological polar surface area (TPSA) is 74.8 Å². The molecule has 2 fully saturated rings. The van der Waals surface area contributed by atoms with E-state index in [1.165, 1.54) is 0 Å². The normalized spacial score (nSPS) is 26.9. The van der Waals surface area contributed by atoms with Crippen LogP contribution in [0.15, 0.2) is 30.3 Å². The van der Waals surface area contributed by atoms with E-state index in [-0.39, 0.29) is 41.2 Å². The van der Waals surface area contributed by atoms with Crippen molar-refractivity contribution in [1.82, 2.24) is 4.90 Å². The molecule has 0 N–H and O–H groups in total. The third kappa shape index (κ3) is 3.71. The van der Waals surface area contributed by atoms with Crippen molar-refractivity contribution in [2.45, 2.75) is 25.8 Å². The van der Waals surface area contributed by atoms with Gasteiger partial charge >= 0.3 is 0 Å². The quantitative estimate of drug-likeness (QED) is 0.790. The van der Waals surface area contributed by atoms with E-state index in [0.717, 1.165) is 5.69 Å². The number of carbonyl (C=O) groups excluding carboxylic acids is 2. The molecule has 136 valence electrons. The van der Waals surface area contributed by atoms with E-state index in [1.54, 1.807) is 16.8 Å². The molecule has 3 rings (SSSR count). The summed E-state index contributed by atoms with van der Waals surface area (Å²) in [6.45, 7) is 2.34. The van der Waals surface area contributed by atoms with E-state index in [1.807, 2.05) is 37.3 Å². The zero-order valence-corrected chi connectivity index (χ0v) is 15.4. The van der Waals surface area contributed by atoms with Crippen LogP contribution in [-0.2, 0) is 19.4 Å². The second-order valence-electron chi connectivity index (χ2n) is 6.86. The molecule has 0 radical (unpaired) electrons. The van der Waals surface area contributed by atoms with Crippen LogP contribution in [0.5, 0.6) is 0 Å². The lowest BCUT2D eigenvalue weighted by Gasteiger charge is -2.27. The summed E-state index contributed by atoms with van der Waals surface area (Å²) < 4.78 is 23.4. The fourth-order valence-corrected chi connectivity index (χ4v) is 5.33. The number of hydrogen-bond donors (Lipinski definition) is 0. The Morgan fingerprint density at radius 2 is 1.76 bits per heavy atom. The molecule has 1 saturated carbocycles. The Labute approximate surface area is 148 Å². The van der Waals surface area contributed by atoms with Crippen molar-refractivity contribution in [1.29, 1.82) is 0 Å². The SMILES string of the molecule is CCN(C(=O)C1CC1C(=O)N(C)c1ccccc1)C1CCS(=O)(=O)C1. The average Bonchev–Trinajstić information content (AvgIpc) is 3.32. The summed E-state index contributed by atoms with van der Waals surface area (Å²) in [6, 6.07) is 9.10. The molecule has 2 amide bonds. The summed E-state index contributed by atoms with van der Waals surface area (Å²) in [5.74, 6) is -0.566. The molecule has 0 aromatic heterocycles. The van der Waals surface area contributed by atoms with Gasteiger partial charge in [-0.05, 0) is 31.9 Å². The first kappa shape index (κ1) is 17.9. The first-order valence-corrected chi connectivity index (χ1v) is 10.5. The number of sulfone groups is 1. The van der Waals surface area contributed by atoms with E-state index in [9.17, 15) is 18.0 Å². The van der Waals surface area contributed by atoms with Crippen LogP contribution in [0, 0.1) is 11.8 Å². The van der Waals surface area contributed by atoms with Gasteiger partial charge in [0.2, 0.25) is 11.8 Å². The first-order valence-electron chi connectivity index (χ1n) is 8.67. The predicted octanol–water partition coefficient (Wildman–Crippen LogP) is 1.32. The van der Waals surface area contributed by atoms with Crippen molar-refractivity contribution >= 4 is 27.3 Å². The molecule has 2 aliphatic rings. The fourth-order valence-electron chi connectivity index (χ4n) is 3.60. The monoisotopic (exact) mass is 364 g/mol. The molecule has 25 heavy (non-hydrogen) atoms. The van der Waals surface area contributed by atoms with Crippen LogP contribution in [0.2, 0.25) is 0 Å². The Kier molecular flexibility index (Phi) is 4.86. The number of amides is 2. The van der Waals surface area contributed by atoms with Crippen LogP contribution in [0.1, 0.15) is 19.8 Å². The maximum absolute atomic E-state index is 12.8. The zero-order chi connectivity index (χ0) is 18.2. The largest absolute Gasteiger partial charge is 0.339 e. The third-order valence-corrected chi connectivity index (χ3v) is 6.92. The summed E-state index contributed by atoms with van der Waals surface area (Å²) in [5.41, 5.74) is 0.805. The van der Waals surface area contributed by atoms with Crippen LogP contribution in [0.3, 0.4) is 0 Å². The predicted molar refractivity (Wildman–Crippen MR) is 95.9 cm³/mol. The van der Waals surface area contributed by atoms with Crippen molar-refractivity contribution in [3.8, 4) is 0 Å². The maximum atomic E-state index is 12.8. The van der Waals surface area contributed by atoms with Gasteiger partial charge in [0.1, 0.15) is 0 Å². The van der Waals surface area contributed by atoms with Crippen LogP contribution >= 0.6 is 0 Å². The smallest absolute Gasteiger partial charge is 0.230 e. The van der Waals surface area contributed by atoms with E-state index < -0.39 is 9.84 Å². The van der Waals surface area contributed by atoms with E-state index in [4.69, 9.17) is 0 Å². The number of rotatable bonds is 5. The second-order valence-corrected chi connectivity index (χ2v) is 9.09. The molecule has 6 nitrogen and oxygen atoms in total. The molecule has 1 aliphatic carbocycles. The molecule has 1 aromatic rings. The lowest BCUT2D eigenvalue weighted by Crippen LogP contribution is -2.42. The van der Waals surface area contributed by atoms with Gasteiger partial charge in [0, 0.05) is 25.3 Å². The zero-order valence-electron chi connectivity index (χ0n) is 14.6. The van der Waals surface area contributed by atoms with Gasteiger partial charge < -0.3 is 9.80 Å². The summed E-state index contributed by atoms with van der Waals surface area (Å²) in [5, 5.41) is 0. The van der Waals surface area contributed by atoms with Crippen molar-refractivity contribution < 1.29 is 18.0 Å². The van der Waals surface area contributed by atoms with Crippen molar-refractivity contribution in [2.75, 3.05) is 30.0 Å². The highest BCUT2D eigenvalue weighted by molar-refractivity contribution is 7.91. The van der Waals surface area contributed by atoms with Crippen LogP contribution in [0.4, 0.5) is 5.69 Å². The maximum Gasteiger partial charge on any atom is 0.230 e. The summed E-state index contributed by atoms with van der Waals surface area (Å²) >= 11 is 0. The number of para-hydroxylation sites is 1. The van der Waals surface area contributed by atoms with Crippen molar-refractivity contribution in [2.24, 2.45) is 11.8 Å². The van der Waals surface area contributed by atoms with Gasteiger partial charge in [-0.1, -0.05) is 18.2 Å². The van der Waals surface area contributed by atoms with E-state index in [2.05, 4.69) is 0 Å². The highest BCUT2D eigenvalue weighted by atomic mass is 32.2. The Bertz CT molecular complexity index is 763. The third-order valence-electron chi connectivity index (χ3n) is 5.17. The lowest BCUT2D eigenvalue weighted by atomic mass is 10.1. The summed E-state index contributed by atoms with van der Waals surface area (Å²) in [6.07, 6.45) is 1.04. The highest BCUT2D eigenvalue weighted by Gasteiger charge is 2.51. The van der Waals surface area contributed by atoms with Gasteiger partial charge in [0.25, 0.3) is 0 Å². The second kappa shape index (κ2) is 6.78. The molecule has 1 aromatic carbocycles. The molecule has 1 heterocycles. The lowest BCUT2D eigenvalue weighted by molar-refractivity contribution is -0.135. The van der Waals surface area contributed by atoms with Gasteiger partial charge in [-0.2, -0.15) is 0 Å². The number of nitrogens with zero attached hydrogens (tertiary/aromatic N) is 2. The number of hydrogen-bond acceptors (Lipinski definition) is 4. The van der Waals surface area contributed by atoms with Gasteiger partial charge in [0.15, 0.2) is 9.84 Å². The molecule has 1 aliphatic heterocycles. The molecule has 7 heteroatoms. The molecular weight excluding hydrogens is 340 g/mol. The van der Waals surface area contributed by atoms with Crippen LogP contribution < -0.4 is 4.90 Å². The number of benzene rings is 1. The number of carbonyl (C=O) groups is 2.